The lowest BCUT2D eigenvalue weighted by Gasteiger charge is -2.33. The molecule has 0 unspecified atom stereocenters. The summed E-state index contributed by atoms with van der Waals surface area (Å²) in [5.74, 6) is -2.17. The van der Waals surface area contributed by atoms with E-state index in [2.05, 4.69) is 20.0 Å². The summed E-state index contributed by atoms with van der Waals surface area (Å²) in [6.45, 7) is 4.84. The number of alkyl halides is 3. The SMILES string of the molecule is C[C@H](c1cc(-c2n[nH]c(C(F)(F)F)n2)cnc1CN1CCC(c2cccc3c2O[C@@](C)(c2ccc(Cl)cc2F)O3)CC1)S(C)(=O)=O. The molecule has 2 aliphatic heterocycles. The zero-order valence-electron chi connectivity index (χ0n) is 25.0. The lowest BCUT2D eigenvalue weighted by molar-refractivity contribution is -0.144. The third-order valence-corrected chi connectivity index (χ3v) is 10.3. The fourth-order valence-electron chi connectivity index (χ4n) is 5.92. The number of nitrogens with one attached hydrogen (secondary N) is 1. The largest absolute Gasteiger partial charge is 0.451 e. The van der Waals surface area contributed by atoms with Gasteiger partial charge in [-0.1, -0.05) is 23.7 Å². The van der Waals surface area contributed by atoms with Gasteiger partial charge in [-0.25, -0.2) is 17.8 Å². The molecule has 2 aliphatic rings. The van der Waals surface area contributed by atoms with Gasteiger partial charge in [-0.3, -0.25) is 15.0 Å². The van der Waals surface area contributed by atoms with Gasteiger partial charge < -0.3 is 9.47 Å². The predicted octanol–water partition coefficient (Wildman–Crippen LogP) is 6.81. The van der Waals surface area contributed by atoms with Crippen molar-refractivity contribution in [2.75, 3.05) is 19.3 Å². The number of H-pyrrole nitrogens is 1. The summed E-state index contributed by atoms with van der Waals surface area (Å²) in [5.41, 5.74) is 2.24. The fraction of sp³-hybridized carbons (Fsp3) is 0.387. The first-order chi connectivity index (χ1) is 21.6. The number of aromatic nitrogens is 4. The number of para-hydroxylation sites is 1. The zero-order valence-corrected chi connectivity index (χ0v) is 26.6. The van der Waals surface area contributed by atoms with Gasteiger partial charge in [0.05, 0.1) is 16.5 Å². The number of aromatic amines is 1. The number of benzene rings is 2. The van der Waals surface area contributed by atoms with Gasteiger partial charge in [0.2, 0.25) is 5.82 Å². The molecule has 244 valence electrons. The lowest BCUT2D eigenvalue weighted by atomic mass is 9.88. The Morgan fingerprint density at radius 3 is 2.54 bits per heavy atom. The van der Waals surface area contributed by atoms with E-state index in [0.717, 1.165) is 24.7 Å². The van der Waals surface area contributed by atoms with Crippen LogP contribution >= 0.6 is 11.6 Å². The second kappa shape index (κ2) is 11.8. The van der Waals surface area contributed by atoms with Gasteiger partial charge in [-0.15, -0.1) is 0 Å². The predicted molar refractivity (Wildman–Crippen MR) is 162 cm³/mol. The molecule has 2 aromatic carbocycles. The summed E-state index contributed by atoms with van der Waals surface area (Å²) in [5, 5.41) is 4.84. The molecule has 0 bridgehead atoms. The molecule has 4 heterocycles. The third kappa shape index (κ3) is 6.29. The van der Waals surface area contributed by atoms with Crippen LogP contribution in [0.5, 0.6) is 11.5 Å². The number of piperidine rings is 1. The normalized spacial score (nSPS) is 19.8. The van der Waals surface area contributed by atoms with Crippen molar-refractivity contribution >= 4 is 21.4 Å². The Balaban J connectivity index is 1.19. The smallest absolute Gasteiger partial charge is 0.444 e. The van der Waals surface area contributed by atoms with E-state index in [9.17, 15) is 26.0 Å². The summed E-state index contributed by atoms with van der Waals surface area (Å²) in [7, 11) is -3.56. The Bertz CT molecular complexity index is 1900. The minimum atomic E-state index is -4.71. The monoisotopic (exact) mass is 679 g/mol. The standard InChI is InChI=1S/C31H30ClF4N5O4S/c1-17(46(3,42)43)22-13-19(28-38-29(40-39-28)31(34,35)36)15-37-25(22)16-41-11-9-18(10-12-41)21-5-4-6-26-27(21)45-30(2,44-26)23-8-7-20(32)14-24(23)33/h4-8,13-15,17-18H,9-12,16H2,1-3H3,(H,38,39,40)/t17-,30+/m1/s1. The summed E-state index contributed by atoms with van der Waals surface area (Å²) in [6.07, 6.45) is -0.753. The molecule has 0 amide bonds. The number of ether oxygens (including phenoxy) is 2. The van der Waals surface area contributed by atoms with Crippen LogP contribution in [0.25, 0.3) is 11.4 Å². The molecule has 0 aliphatic carbocycles. The van der Waals surface area contributed by atoms with Crippen LogP contribution in [0.3, 0.4) is 0 Å². The molecule has 2 atom stereocenters. The maximum Gasteiger partial charge on any atom is 0.451 e. The Hall–Kier alpha value is -3.75. The second-order valence-electron chi connectivity index (χ2n) is 11.7. The number of hydrogen-bond acceptors (Lipinski definition) is 8. The van der Waals surface area contributed by atoms with Crippen LogP contribution in [0.15, 0.2) is 48.7 Å². The van der Waals surface area contributed by atoms with Crippen LogP contribution in [-0.4, -0.2) is 52.8 Å². The summed E-state index contributed by atoms with van der Waals surface area (Å²) >= 11 is 5.94. The van der Waals surface area contributed by atoms with Gasteiger partial charge >= 0.3 is 6.18 Å². The molecule has 2 aromatic heterocycles. The molecular formula is C31H30ClF4N5O4S. The van der Waals surface area contributed by atoms with Gasteiger partial charge in [0.25, 0.3) is 5.79 Å². The summed E-state index contributed by atoms with van der Waals surface area (Å²) in [6, 6.07) is 11.5. The van der Waals surface area contributed by atoms with E-state index in [1.165, 1.54) is 25.3 Å². The van der Waals surface area contributed by atoms with Crippen molar-refractivity contribution in [1.29, 1.82) is 0 Å². The highest BCUT2D eigenvalue weighted by atomic mass is 35.5. The first kappa shape index (κ1) is 32.2. The molecular weight excluding hydrogens is 650 g/mol. The Morgan fingerprint density at radius 1 is 1.15 bits per heavy atom. The third-order valence-electron chi connectivity index (χ3n) is 8.53. The maximum absolute atomic E-state index is 14.8. The molecule has 46 heavy (non-hydrogen) atoms. The van der Waals surface area contributed by atoms with E-state index >= 15 is 0 Å². The number of pyridine rings is 1. The summed E-state index contributed by atoms with van der Waals surface area (Å²) in [4.78, 5) is 10.2. The highest BCUT2D eigenvalue weighted by molar-refractivity contribution is 7.90. The fourth-order valence-corrected chi connectivity index (χ4v) is 6.74. The van der Waals surface area contributed by atoms with E-state index in [4.69, 9.17) is 21.1 Å². The molecule has 0 spiro atoms. The van der Waals surface area contributed by atoms with Crippen molar-refractivity contribution in [3.05, 3.63) is 87.7 Å². The average Bonchev–Trinajstić information content (AvgIpc) is 3.62. The lowest BCUT2D eigenvalue weighted by Crippen LogP contribution is -2.34. The molecule has 0 saturated carbocycles. The highest BCUT2D eigenvalue weighted by Gasteiger charge is 2.43. The first-order valence-corrected chi connectivity index (χ1v) is 16.8. The van der Waals surface area contributed by atoms with Crippen LogP contribution in [0.1, 0.15) is 66.1 Å². The van der Waals surface area contributed by atoms with Crippen LogP contribution in [0, 0.1) is 5.82 Å². The van der Waals surface area contributed by atoms with E-state index in [-0.39, 0.29) is 27.9 Å². The molecule has 4 aromatic rings. The number of fused-ring (bicyclic) bond motifs is 1. The van der Waals surface area contributed by atoms with Crippen LogP contribution in [0.2, 0.25) is 5.02 Å². The van der Waals surface area contributed by atoms with Crippen LogP contribution < -0.4 is 9.47 Å². The number of nitrogens with zero attached hydrogens (tertiary/aromatic N) is 4. The molecule has 0 radical (unpaired) electrons. The first-order valence-electron chi connectivity index (χ1n) is 14.5. The molecule has 1 saturated heterocycles. The highest BCUT2D eigenvalue weighted by Crippen LogP contribution is 2.50. The van der Waals surface area contributed by atoms with E-state index < -0.39 is 38.7 Å². The van der Waals surface area contributed by atoms with Crippen molar-refractivity contribution < 1.29 is 35.5 Å². The van der Waals surface area contributed by atoms with Crippen molar-refractivity contribution in [3.63, 3.8) is 0 Å². The van der Waals surface area contributed by atoms with Crippen LogP contribution in [-0.2, 0) is 28.3 Å². The minimum absolute atomic E-state index is 0.116. The molecule has 1 fully saturated rings. The second-order valence-corrected chi connectivity index (χ2v) is 14.5. The van der Waals surface area contributed by atoms with Gasteiger partial charge in [0, 0.05) is 42.1 Å². The van der Waals surface area contributed by atoms with Crippen LogP contribution in [0.4, 0.5) is 17.6 Å². The van der Waals surface area contributed by atoms with Crippen molar-refractivity contribution in [1.82, 2.24) is 25.1 Å². The van der Waals surface area contributed by atoms with Gasteiger partial charge in [-0.2, -0.15) is 18.3 Å². The van der Waals surface area contributed by atoms with E-state index in [1.807, 2.05) is 17.2 Å². The minimum Gasteiger partial charge on any atom is -0.444 e. The van der Waals surface area contributed by atoms with Gasteiger partial charge in [-0.05, 0) is 74.7 Å². The van der Waals surface area contributed by atoms with Crippen molar-refractivity contribution in [3.8, 4) is 22.9 Å². The number of hydrogen-bond donors (Lipinski definition) is 1. The molecule has 1 N–H and O–H groups in total. The quantitative estimate of drug-likeness (QED) is 0.212. The topological polar surface area (TPSA) is 110 Å². The number of rotatable bonds is 7. The zero-order chi connectivity index (χ0) is 33.0. The van der Waals surface area contributed by atoms with E-state index in [0.29, 0.717) is 42.4 Å². The molecule has 15 heteroatoms. The van der Waals surface area contributed by atoms with E-state index in [1.54, 1.807) is 25.1 Å². The number of halogens is 5. The summed E-state index contributed by atoms with van der Waals surface area (Å²) < 4.78 is 91.5. The van der Waals surface area contributed by atoms with Crippen molar-refractivity contribution in [2.45, 2.75) is 56.4 Å². The van der Waals surface area contributed by atoms with Gasteiger partial charge in [0.1, 0.15) is 5.82 Å². The Morgan fingerprint density at radius 2 is 1.89 bits per heavy atom. The maximum atomic E-state index is 14.8. The number of likely N-dealkylation sites (tertiary alicyclic amines) is 1. The molecule has 9 nitrogen and oxygen atoms in total. The Labute approximate surface area is 267 Å². The number of sulfone groups is 1. The average molecular weight is 680 g/mol. The Kier molecular flexibility index (Phi) is 8.26. The molecule has 6 rings (SSSR count). The van der Waals surface area contributed by atoms with Gasteiger partial charge in [0.15, 0.2) is 27.2 Å². The van der Waals surface area contributed by atoms with Crippen molar-refractivity contribution in [2.24, 2.45) is 0 Å².